The van der Waals surface area contributed by atoms with Crippen molar-refractivity contribution in [2.45, 2.75) is 44.8 Å². The summed E-state index contributed by atoms with van der Waals surface area (Å²) in [6, 6.07) is 15.7. The molecule has 0 spiro atoms. The number of anilines is 1. The van der Waals surface area contributed by atoms with Crippen molar-refractivity contribution in [3.8, 4) is 17.0 Å². The molecule has 16 heteroatoms. The lowest BCUT2D eigenvalue weighted by Gasteiger charge is -2.42. The molecule has 278 valence electrons. The Morgan fingerprint density at radius 1 is 1.04 bits per heavy atom. The van der Waals surface area contributed by atoms with Gasteiger partial charge in [-0.1, -0.05) is 41.9 Å². The number of fused-ring (bicyclic) bond motifs is 1. The van der Waals surface area contributed by atoms with Crippen molar-refractivity contribution in [3.05, 3.63) is 95.5 Å². The van der Waals surface area contributed by atoms with Crippen LogP contribution >= 0.6 is 11.6 Å². The maximum Gasteiger partial charge on any atom is 0.387 e. The molecule has 2 fully saturated rings. The predicted molar refractivity (Wildman–Crippen MR) is 189 cm³/mol. The molecule has 2 saturated heterocycles. The third kappa shape index (κ3) is 8.62. The van der Waals surface area contributed by atoms with E-state index in [1.165, 1.54) is 46.0 Å². The number of alkyl halides is 4. The minimum Gasteiger partial charge on any atom is -0.434 e. The average Bonchev–Trinajstić information content (AvgIpc) is 3.75. The lowest BCUT2D eigenvalue weighted by Crippen LogP contribution is -2.50. The fourth-order valence-electron chi connectivity index (χ4n) is 7.18. The largest absolute Gasteiger partial charge is 0.434 e. The average molecular weight is 753 g/mol. The number of carbonyl (C=O) groups is 2. The molecule has 7 rings (SSSR count). The molecule has 5 heterocycles. The topological polar surface area (TPSA) is 110 Å². The summed E-state index contributed by atoms with van der Waals surface area (Å²) in [7, 11) is 0. The second kappa shape index (κ2) is 15.5. The molecule has 2 aromatic carbocycles. The molecular formula is C37H37ClF4N8O3. The monoisotopic (exact) mass is 752 g/mol. The van der Waals surface area contributed by atoms with Crippen LogP contribution in [-0.4, -0.2) is 91.3 Å². The number of hydrogen-bond donors (Lipinski definition) is 1. The minimum absolute atomic E-state index is 0.0569. The SMILES string of the molecule is O=C(Nc1cn(CC(=O)N2CCC(CN3CCC(F)(F)CC3)C(Cc3ccccc3)C2)nc1-c1cc(Cl)ccc1OC(F)F)c1cnn2cccnc12. The Kier molecular flexibility index (Phi) is 10.6. The van der Waals surface area contributed by atoms with Crippen LogP contribution in [0, 0.1) is 11.8 Å². The Balaban J connectivity index is 1.13. The van der Waals surface area contributed by atoms with E-state index in [4.69, 9.17) is 16.3 Å². The Bertz CT molecular complexity index is 2070. The third-order valence-corrected chi connectivity index (χ3v) is 10.1. The first-order valence-corrected chi connectivity index (χ1v) is 17.7. The normalized spacial score (nSPS) is 19.1. The van der Waals surface area contributed by atoms with E-state index < -0.39 is 18.4 Å². The summed E-state index contributed by atoms with van der Waals surface area (Å²) in [5, 5.41) is 11.7. The maximum absolute atomic E-state index is 13.9. The molecular weight excluding hydrogens is 716 g/mol. The van der Waals surface area contributed by atoms with Gasteiger partial charge in [-0.25, -0.2) is 18.3 Å². The molecule has 2 amide bonds. The van der Waals surface area contributed by atoms with Crippen LogP contribution in [0.4, 0.5) is 23.2 Å². The van der Waals surface area contributed by atoms with Crippen molar-refractivity contribution in [2.24, 2.45) is 11.8 Å². The van der Waals surface area contributed by atoms with Crippen molar-refractivity contribution in [1.29, 1.82) is 0 Å². The Morgan fingerprint density at radius 2 is 1.83 bits per heavy atom. The van der Waals surface area contributed by atoms with Gasteiger partial charge in [-0.3, -0.25) is 14.3 Å². The van der Waals surface area contributed by atoms with Crippen molar-refractivity contribution in [3.63, 3.8) is 0 Å². The van der Waals surface area contributed by atoms with Gasteiger partial charge in [0.25, 0.3) is 11.8 Å². The molecule has 2 unspecified atom stereocenters. The number of hydrogen-bond acceptors (Lipinski definition) is 7. The highest BCUT2D eigenvalue weighted by Gasteiger charge is 2.37. The second-order valence-electron chi connectivity index (χ2n) is 13.5. The van der Waals surface area contributed by atoms with Crippen molar-refractivity contribution < 1.29 is 31.9 Å². The first-order valence-electron chi connectivity index (χ1n) is 17.3. The molecule has 11 nitrogen and oxygen atoms in total. The number of benzene rings is 2. The van der Waals surface area contributed by atoms with Crippen molar-refractivity contribution in [2.75, 3.05) is 38.0 Å². The Labute approximate surface area is 307 Å². The van der Waals surface area contributed by atoms with E-state index in [0.29, 0.717) is 44.8 Å². The number of halogens is 5. The van der Waals surface area contributed by atoms with Crippen molar-refractivity contribution in [1.82, 2.24) is 34.2 Å². The molecule has 2 atom stereocenters. The van der Waals surface area contributed by atoms with Crippen LogP contribution in [0.5, 0.6) is 5.75 Å². The van der Waals surface area contributed by atoms with Crippen LogP contribution in [0.1, 0.15) is 35.2 Å². The van der Waals surface area contributed by atoms with Gasteiger partial charge < -0.3 is 19.9 Å². The highest BCUT2D eigenvalue weighted by atomic mass is 35.5. The number of rotatable bonds is 11. The maximum atomic E-state index is 13.9. The first kappa shape index (κ1) is 36.3. The summed E-state index contributed by atoms with van der Waals surface area (Å²) in [5.41, 5.74) is 1.83. The summed E-state index contributed by atoms with van der Waals surface area (Å²) >= 11 is 6.28. The quantitative estimate of drug-likeness (QED) is 0.153. The fraction of sp³-hybridized carbons (Fsp3) is 0.378. The van der Waals surface area contributed by atoms with E-state index in [2.05, 4.69) is 25.4 Å². The van der Waals surface area contributed by atoms with Crippen LogP contribution in [0.2, 0.25) is 5.02 Å². The summed E-state index contributed by atoms with van der Waals surface area (Å²) in [4.78, 5) is 35.6. The number of amides is 2. The number of aromatic nitrogens is 5. The molecule has 2 aliphatic heterocycles. The van der Waals surface area contributed by atoms with Crippen LogP contribution in [0.15, 0.2) is 79.4 Å². The van der Waals surface area contributed by atoms with E-state index in [9.17, 15) is 27.2 Å². The smallest absolute Gasteiger partial charge is 0.387 e. The van der Waals surface area contributed by atoms with Crippen LogP contribution in [0.25, 0.3) is 16.9 Å². The van der Waals surface area contributed by atoms with E-state index in [1.807, 2.05) is 30.3 Å². The van der Waals surface area contributed by atoms with E-state index in [-0.39, 0.29) is 70.4 Å². The highest BCUT2D eigenvalue weighted by molar-refractivity contribution is 6.31. The zero-order valence-electron chi connectivity index (χ0n) is 28.6. The third-order valence-electron chi connectivity index (χ3n) is 9.91. The van der Waals surface area contributed by atoms with Gasteiger partial charge in [0, 0.05) is 74.7 Å². The van der Waals surface area contributed by atoms with Gasteiger partial charge in [0.2, 0.25) is 5.91 Å². The van der Waals surface area contributed by atoms with Gasteiger partial charge in [0.15, 0.2) is 5.65 Å². The van der Waals surface area contributed by atoms with Gasteiger partial charge in [0.1, 0.15) is 23.6 Å². The van der Waals surface area contributed by atoms with Crippen LogP contribution in [0.3, 0.4) is 0 Å². The number of likely N-dealkylation sites (tertiary alicyclic amines) is 2. The van der Waals surface area contributed by atoms with Gasteiger partial charge in [-0.05, 0) is 54.5 Å². The Morgan fingerprint density at radius 3 is 2.60 bits per heavy atom. The number of carbonyl (C=O) groups excluding carboxylic acids is 2. The number of ether oxygens (including phenoxy) is 1. The highest BCUT2D eigenvalue weighted by Crippen LogP contribution is 2.38. The molecule has 0 saturated carbocycles. The lowest BCUT2D eigenvalue weighted by atomic mass is 9.80. The summed E-state index contributed by atoms with van der Waals surface area (Å²) in [6.07, 6.45) is 7.09. The molecule has 0 aliphatic carbocycles. The number of nitrogens with zero attached hydrogens (tertiary/aromatic N) is 7. The van der Waals surface area contributed by atoms with E-state index in [0.717, 1.165) is 12.0 Å². The second-order valence-corrected chi connectivity index (χ2v) is 13.9. The number of nitrogens with one attached hydrogen (secondary N) is 1. The van der Waals surface area contributed by atoms with Gasteiger partial charge in [-0.2, -0.15) is 19.0 Å². The van der Waals surface area contributed by atoms with Gasteiger partial charge >= 0.3 is 6.61 Å². The van der Waals surface area contributed by atoms with Gasteiger partial charge in [-0.15, -0.1) is 0 Å². The molecule has 2 aliphatic rings. The fourth-order valence-corrected chi connectivity index (χ4v) is 7.36. The van der Waals surface area contributed by atoms with E-state index in [1.54, 1.807) is 17.2 Å². The van der Waals surface area contributed by atoms with Crippen LogP contribution < -0.4 is 10.1 Å². The molecule has 5 aromatic rings. The zero-order chi connectivity index (χ0) is 37.1. The molecule has 53 heavy (non-hydrogen) atoms. The molecule has 0 radical (unpaired) electrons. The molecule has 1 N–H and O–H groups in total. The minimum atomic E-state index is -3.15. The first-order chi connectivity index (χ1) is 25.5. The molecule has 3 aromatic heterocycles. The summed E-state index contributed by atoms with van der Waals surface area (Å²) < 4.78 is 62.2. The van der Waals surface area contributed by atoms with Crippen molar-refractivity contribution >= 4 is 34.7 Å². The summed E-state index contributed by atoms with van der Waals surface area (Å²) in [5.74, 6) is -3.38. The standard InChI is InChI=1S/C37H37ClF4N8O3/c38-27-7-8-31(53-36(39)40)28(18-27)33-30(45-35(52)29-19-44-50-13-4-12-43-34(29)50)22-49(46-33)23-32(51)48-14-9-25(20-47-15-10-37(41,42)11-16-47)26(21-48)17-24-5-2-1-3-6-24/h1-8,12-13,18-19,22,25-26,36H,9-11,14-17,20-21,23H2,(H,45,52). The van der Waals surface area contributed by atoms with Gasteiger partial charge in [0.05, 0.1) is 11.9 Å². The lowest BCUT2D eigenvalue weighted by molar-refractivity contribution is -0.135. The predicted octanol–water partition coefficient (Wildman–Crippen LogP) is 6.54. The summed E-state index contributed by atoms with van der Waals surface area (Å²) in [6.45, 7) is -1.06. The van der Waals surface area contributed by atoms with E-state index >= 15 is 0 Å². The number of piperidine rings is 2. The zero-order valence-corrected chi connectivity index (χ0v) is 29.3. The van der Waals surface area contributed by atoms with Crippen LogP contribution in [-0.2, 0) is 17.8 Å². The Hall–Kier alpha value is -5.02. The molecule has 0 bridgehead atoms.